The van der Waals surface area contributed by atoms with Gasteiger partial charge in [0.25, 0.3) is 0 Å². The first kappa shape index (κ1) is 28.1. The highest BCUT2D eigenvalue weighted by Gasteiger charge is 2.38. The Labute approximate surface area is 230 Å². The van der Waals surface area contributed by atoms with Crippen LogP contribution in [0.25, 0.3) is 44.2 Å². The summed E-state index contributed by atoms with van der Waals surface area (Å²) in [5, 5.41) is 0.958. The molecule has 5 aromatic carbocycles. The molecule has 41 heavy (non-hydrogen) atoms. The molecule has 0 nitrogen and oxygen atoms in total. The van der Waals surface area contributed by atoms with Crippen LogP contribution < -0.4 is 0 Å². The topological polar surface area (TPSA) is 0 Å². The molecule has 0 unspecified atom stereocenters. The quantitative estimate of drug-likeness (QED) is 0.141. The van der Waals surface area contributed by atoms with E-state index in [0.717, 1.165) is 30.5 Å². The van der Waals surface area contributed by atoms with Crippen molar-refractivity contribution in [3.63, 3.8) is 0 Å². The molecule has 0 fully saturated rings. The van der Waals surface area contributed by atoms with Crippen LogP contribution in [0, 0.1) is 29.1 Å². The SMILES string of the molecule is C=CCCc1ccc2c(F)c(-c3cc(F)c(-c4ccc(-c5cc(F)c(C(F)(F)F)c(F)c5)cc4)c(F)c3)ccc2c1. The average molecular weight is 569 g/mol. The van der Waals surface area contributed by atoms with Gasteiger partial charge in [0.2, 0.25) is 0 Å². The number of allylic oxidation sites excluding steroid dienone is 1. The van der Waals surface area contributed by atoms with Gasteiger partial charge in [-0.15, -0.1) is 6.58 Å². The number of benzene rings is 5. The highest BCUT2D eigenvalue weighted by Crippen LogP contribution is 2.38. The molecule has 0 radical (unpaired) electrons. The number of hydrogen-bond donors (Lipinski definition) is 0. The number of aryl methyl sites for hydroxylation is 1. The zero-order valence-electron chi connectivity index (χ0n) is 21.2. The average Bonchev–Trinajstić information content (AvgIpc) is 2.91. The molecule has 0 bridgehead atoms. The van der Waals surface area contributed by atoms with Gasteiger partial charge in [-0.2, -0.15) is 13.2 Å². The molecule has 0 aliphatic rings. The van der Waals surface area contributed by atoms with Crippen molar-refractivity contribution in [2.24, 2.45) is 0 Å². The first-order valence-electron chi connectivity index (χ1n) is 12.5. The van der Waals surface area contributed by atoms with E-state index in [0.29, 0.717) is 22.9 Å². The fourth-order valence-corrected chi connectivity index (χ4v) is 4.83. The third-order valence-corrected chi connectivity index (χ3v) is 6.84. The molecule has 8 heteroatoms. The summed E-state index contributed by atoms with van der Waals surface area (Å²) in [6, 6.07) is 16.6. The second kappa shape index (κ2) is 10.8. The maximum absolute atomic E-state index is 15.4. The van der Waals surface area contributed by atoms with Crippen LogP contribution in [0.2, 0.25) is 0 Å². The Balaban J connectivity index is 1.47. The summed E-state index contributed by atoms with van der Waals surface area (Å²) in [5.41, 5.74) is -1.40. The molecule has 0 saturated heterocycles. The van der Waals surface area contributed by atoms with E-state index in [1.165, 1.54) is 30.3 Å². The predicted molar refractivity (Wildman–Crippen MR) is 144 cm³/mol. The van der Waals surface area contributed by atoms with Gasteiger partial charge in [0.05, 0.1) is 5.56 Å². The maximum Gasteiger partial charge on any atom is 0.422 e. The number of rotatable bonds is 6. The number of halogens is 8. The molecular weight excluding hydrogens is 548 g/mol. The van der Waals surface area contributed by atoms with Crippen LogP contribution in [0.3, 0.4) is 0 Å². The Bertz CT molecular complexity index is 1740. The minimum Gasteiger partial charge on any atom is -0.206 e. The smallest absolute Gasteiger partial charge is 0.206 e. The van der Waals surface area contributed by atoms with Gasteiger partial charge in [-0.3, -0.25) is 0 Å². The third-order valence-electron chi connectivity index (χ3n) is 6.84. The van der Waals surface area contributed by atoms with Crippen LogP contribution in [0.5, 0.6) is 0 Å². The minimum absolute atomic E-state index is 0.00814. The summed E-state index contributed by atoms with van der Waals surface area (Å²) in [5.74, 6) is -6.13. The molecule has 0 aliphatic carbocycles. The van der Waals surface area contributed by atoms with Crippen molar-refractivity contribution in [2.45, 2.75) is 19.0 Å². The molecule has 5 rings (SSSR count). The van der Waals surface area contributed by atoms with E-state index in [1.807, 2.05) is 6.07 Å². The van der Waals surface area contributed by atoms with Gasteiger partial charge in [0, 0.05) is 10.9 Å². The van der Waals surface area contributed by atoms with Crippen LogP contribution in [0.15, 0.2) is 91.5 Å². The van der Waals surface area contributed by atoms with Crippen molar-refractivity contribution in [1.82, 2.24) is 0 Å². The van der Waals surface area contributed by atoms with Crippen LogP contribution in [-0.2, 0) is 12.6 Å². The zero-order valence-corrected chi connectivity index (χ0v) is 21.2. The molecule has 0 aromatic heterocycles. The lowest BCUT2D eigenvalue weighted by Crippen LogP contribution is -2.11. The standard InChI is InChI=1S/C33H20F8/c1-2-3-4-18-5-11-24-21(13-18)10-12-25(32(24)38)23-16-26(34)30(27(35)17-23)20-8-6-19(7-9-20)22-14-28(36)31(29(37)15-22)33(39,40)41/h2,5-17H,1,3-4H2. The normalized spacial score (nSPS) is 11.7. The summed E-state index contributed by atoms with van der Waals surface area (Å²) in [6.07, 6.45) is -1.90. The lowest BCUT2D eigenvalue weighted by atomic mass is 9.94. The monoisotopic (exact) mass is 568 g/mol. The lowest BCUT2D eigenvalue weighted by Gasteiger charge is -2.13. The van der Waals surface area contributed by atoms with Gasteiger partial charge >= 0.3 is 6.18 Å². The fraction of sp³-hybridized carbons (Fsp3) is 0.0909. The van der Waals surface area contributed by atoms with Crippen molar-refractivity contribution in [1.29, 1.82) is 0 Å². The Hall–Kier alpha value is -4.46. The van der Waals surface area contributed by atoms with E-state index in [2.05, 4.69) is 6.58 Å². The Morgan fingerprint density at radius 2 is 1.20 bits per heavy atom. The summed E-state index contributed by atoms with van der Waals surface area (Å²) in [4.78, 5) is 0. The second-order valence-corrected chi connectivity index (χ2v) is 9.51. The van der Waals surface area contributed by atoms with Gasteiger partial charge in [-0.1, -0.05) is 60.7 Å². The summed E-state index contributed by atoms with van der Waals surface area (Å²) in [7, 11) is 0. The van der Waals surface area contributed by atoms with Gasteiger partial charge in [0.15, 0.2) is 0 Å². The molecule has 0 atom stereocenters. The predicted octanol–water partition coefficient (Wildman–Crippen LogP) is 10.7. The van der Waals surface area contributed by atoms with E-state index in [9.17, 15) is 22.0 Å². The minimum atomic E-state index is -5.21. The number of fused-ring (bicyclic) bond motifs is 1. The Morgan fingerprint density at radius 3 is 1.78 bits per heavy atom. The van der Waals surface area contributed by atoms with Crippen LogP contribution in [0.1, 0.15) is 17.5 Å². The second-order valence-electron chi connectivity index (χ2n) is 9.51. The maximum atomic E-state index is 15.4. The third kappa shape index (κ3) is 5.46. The Morgan fingerprint density at radius 1 is 0.610 bits per heavy atom. The molecule has 0 spiro atoms. The summed E-state index contributed by atoms with van der Waals surface area (Å²) < 4.78 is 112. The van der Waals surface area contributed by atoms with Crippen molar-refractivity contribution in [2.75, 3.05) is 0 Å². The zero-order chi connectivity index (χ0) is 29.5. The molecular formula is C33H20F8. The first-order valence-corrected chi connectivity index (χ1v) is 12.5. The van der Waals surface area contributed by atoms with Crippen molar-refractivity contribution >= 4 is 10.8 Å². The largest absolute Gasteiger partial charge is 0.422 e. The Kier molecular flexibility index (Phi) is 7.43. The fourth-order valence-electron chi connectivity index (χ4n) is 4.83. The van der Waals surface area contributed by atoms with Crippen LogP contribution in [0.4, 0.5) is 35.1 Å². The molecule has 0 amide bonds. The van der Waals surface area contributed by atoms with E-state index in [1.54, 1.807) is 24.3 Å². The van der Waals surface area contributed by atoms with Crippen molar-refractivity contribution in [3.05, 3.63) is 132 Å². The van der Waals surface area contributed by atoms with Gasteiger partial charge in [0.1, 0.15) is 34.6 Å². The highest BCUT2D eigenvalue weighted by atomic mass is 19.4. The molecule has 208 valence electrons. The number of hydrogen-bond acceptors (Lipinski definition) is 0. The first-order chi connectivity index (χ1) is 19.5. The van der Waals surface area contributed by atoms with E-state index < -0.39 is 46.4 Å². The van der Waals surface area contributed by atoms with Crippen molar-refractivity contribution in [3.8, 4) is 33.4 Å². The van der Waals surface area contributed by atoms with Gasteiger partial charge in [-0.05, 0) is 70.3 Å². The summed E-state index contributed by atoms with van der Waals surface area (Å²) in [6.45, 7) is 3.69. The molecule has 0 heterocycles. The summed E-state index contributed by atoms with van der Waals surface area (Å²) >= 11 is 0. The van der Waals surface area contributed by atoms with E-state index in [4.69, 9.17) is 0 Å². The van der Waals surface area contributed by atoms with Crippen molar-refractivity contribution < 1.29 is 35.1 Å². The molecule has 0 aliphatic heterocycles. The molecule has 5 aromatic rings. The van der Waals surface area contributed by atoms with Crippen LogP contribution in [-0.4, -0.2) is 0 Å². The molecule has 0 saturated carbocycles. The number of alkyl halides is 3. The van der Waals surface area contributed by atoms with Gasteiger partial charge < -0.3 is 0 Å². The highest BCUT2D eigenvalue weighted by molar-refractivity contribution is 5.89. The van der Waals surface area contributed by atoms with Gasteiger partial charge in [-0.25, -0.2) is 22.0 Å². The van der Waals surface area contributed by atoms with E-state index in [-0.39, 0.29) is 27.8 Å². The van der Waals surface area contributed by atoms with E-state index >= 15 is 13.2 Å². The lowest BCUT2D eigenvalue weighted by molar-refractivity contribution is -0.142. The van der Waals surface area contributed by atoms with Crippen LogP contribution >= 0.6 is 0 Å². The molecule has 0 N–H and O–H groups in total.